The molecule has 26 heavy (non-hydrogen) atoms. The average Bonchev–Trinajstić information content (AvgIpc) is 3.13. The molecular weight excluding hydrogens is 347 g/mol. The van der Waals surface area contributed by atoms with Crippen molar-refractivity contribution >= 4 is 17.3 Å². The Kier molecular flexibility index (Phi) is 4.92. The molecule has 2 heterocycles. The minimum atomic E-state index is -4.42. The summed E-state index contributed by atoms with van der Waals surface area (Å²) in [6.45, 7) is 0.207. The summed E-state index contributed by atoms with van der Waals surface area (Å²) in [4.78, 5) is 16.1. The quantitative estimate of drug-likeness (QED) is 0.708. The van der Waals surface area contributed by atoms with Gasteiger partial charge in [0.25, 0.3) is 5.91 Å². The number of benzene rings is 1. The maximum Gasteiger partial charge on any atom is 0.416 e. The van der Waals surface area contributed by atoms with Gasteiger partial charge in [0.1, 0.15) is 11.5 Å². The molecule has 3 aromatic rings. The van der Waals surface area contributed by atoms with E-state index >= 15 is 0 Å². The van der Waals surface area contributed by atoms with Gasteiger partial charge >= 0.3 is 6.18 Å². The zero-order valence-electron chi connectivity index (χ0n) is 13.4. The summed E-state index contributed by atoms with van der Waals surface area (Å²) in [7, 11) is 0. The number of aromatic nitrogens is 1. The van der Waals surface area contributed by atoms with Gasteiger partial charge in [0.15, 0.2) is 0 Å². The molecule has 0 aliphatic rings. The molecule has 2 aromatic heterocycles. The van der Waals surface area contributed by atoms with Crippen LogP contribution in [0.3, 0.4) is 0 Å². The number of hydrogen-bond donors (Lipinski definition) is 2. The van der Waals surface area contributed by atoms with Crippen LogP contribution in [0.5, 0.6) is 0 Å². The molecule has 0 saturated heterocycles. The van der Waals surface area contributed by atoms with Crippen LogP contribution in [-0.2, 0) is 12.7 Å². The van der Waals surface area contributed by atoms with E-state index in [9.17, 15) is 18.0 Å². The number of hydrogen-bond acceptors (Lipinski definition) is 4. The lowest BCUT2D eigenvalue weighted by molar-refractivity contribution is -0.137. The highest BCUT2D eigenvalue weighted by Crippen LogP contribution is 2.31. The highest BCUT2D eigenvalue weighted by molar-refractivity contribution is 5.93. The Bertz CT molecular complexity index is 893. The Morgan fingerprint density at radius 3 is 2.62 bits per heavy atom. The number of halogens is 3. The van der Waals surface area contributed by atoms with Crippen molar-refractivity contribution < 1.29 is 22.4 Å². The van der Waals surface area contributed by atoms with Crippen LogP contribution in [0.25, 0.3) is 0 Å². The molecule has 134 valence electrons. The zero-order chi connectivity index (χ0) is 18.6. The molecule has 0 saturated carbocycles. The Morgan fingerprint density at radius 1 is 1.08 bits per heavy atom. The lowest BCUT2D eigenvalue weighted by Gasteiger charge is -2.11. The van der Waals surface area contributed by atoms with E-state index in [0.29, 0.717) is 11.4 Å². The maximum atomic E-state index is 12.8. The second kappa shape index (κ2) is 7.30. The number of furan rings is 1. The van der Waals surface area contributed by atoms with Gasteiger partial charge in [-0.2, -0.15) is 13.2 Å². The van der Waals surface area contributed by atoms with Gasteiger partial charge in [-0.25, -0.2) is 0 Å². The van der Waals surface area contributed by atoms with Gasteiger partial charge in [0.05, 0.1) is 18.4 Å². The van der Waals surface area contributed by atoms with Crippen molar-refractivity contribution in [1.29, 1.82) is 0 Å². The fourth-order valence-electron chi connectivity index (χ4n) is 2.24. The van der Waals surface area contributed by atoms with Crippen molar-refractivity contribution in [3.63, 3.8) is 0 Å². The fourth-order valence-corrected chi connectivity index (χ4v) is 2.24. The Morgan fingerprint density at radius 2 is 1.88 bits per heavy atom. The first-order chi connectivity index (χ1) is 12.4. The van der Waals surface area contributed by atoms with Crippen molar-refractivity contribution in [2.45, 2.75) is 12.7 Å². The van der Waals surface area contributed by atoms with Crippen LogP contribution in [0, 0.1) is 0 Å². The number of nitrogens with one attached hydrogen (secondary N) is 2. The molecule has 0 fully saturated rings. The third-order valence-electron chi connectivity index (χ3n) is 3.47. The highest BCUT2D eigenvalue weighted by Gasteiger charge is 2.30. The average molecular weight is 361 g/mol. The van der Waals surface area contributed by atoms with Gasteiger partial charge in [0.2, 0.25) is 0 Å². The van der Waals surface area contributed by atoms with Gasteiger partial charge in [-0.05, 0) is 42.5 Å². The molecule has 0 aliphatic heterocycles. The molecule has 0 spiro atoms. The number of nitrogens with zero attached hydrogens (tertiary/aromatic N) is 1. The van der Waals surface area contributed by atoms with Gasteiger partial charge in [-0.15, -0.1) is 0 Å². The molecule has 5 nitrogen and oxygen atoms in total. The molecule has 8 heteroatoms. The van der Waals surface area contributed by atoms with E-state index in [0.717, 1.165) is 12.1 Å². The lowest BCUT2D eigenvalue weighted by atomic mass is 10.2. The number of carbonyl (C=O) groups is 1. The van der Waals surface area contributed by atoms with Crippen LogP contribution in [-0.4, -0.2) is 10.9 Å². The van der Waals surface area contributed by atoms with Crippen LogP contribution in [0.2, 0.25) is 0 Å². The minimum Gasteiger partial charge on any atom is -0.467 e. The van der Waals surface area contributed by atoms with Crippen LogP contribution in [0.15, 0.2) is 65.4 Å². The summed E-state index contributed by atoms with van der Waals surface area (Å²) in [6.07, 6.45) is -1.52. The summed E-state index contributed by atoms with van der Waals surface area (Å²) in [6, 6.07) is 11.2. The molecule has 0 unspecified atom stereocenters. The van der Waals surface area contributed by atoms with Gasteiger partial charge in [-0.1, -0.05) is 6.07 Å². The van der Waals surface area contributed by atoms with Crippen LogP contribution >= 0.6 is 0 Å². The van der Waals surface area contributed by atoms with Crippen LogP contribution in [0.4, 0.5) is 24.5 Å². The largest absolute Gasteiger partial charge is 0.467 e. The van der Waals surface area contributed by atoms with E-state index in [-0.39, 0.29) is 17.9 Å². The van der Waals surface area contributed by atoms with Crippen molar-refractivity contribution in [3.05, 3.63) is 78.0 Å². The van der Waals surface area contributed by atoms with Gasteiger partial charge in [-0.3, -0.25) is 9.78 Å². The fraction of sp³-hybridized carbons (Fsp3) is 0.111. The van der Waals surface area contributed by atoms with E-state index in [1.807, 2.05) is 0 Å². The first kappa shape index (κ1) is 17.5. The lowest BCUT2D eigenvalue weighted by Crippen LogP contribution is -2.23. The standard InChI is InChI=1S/C18H14F3N3O2/c19-18(20,21)12-3-1-4-13(9-12)24-14-6-7-22-16(10-14)17(25)23-11-15-5-2-8-26-15/h1-10H,11H2,(H,22,24)(H,23,25). The van der Waals surface area contributed by atoms with Crippen molar-refractivity contribution in [2.75, 3.05) is 5.32 Å². The van der Waals surface area contributed by atoms with Crippen molar-refractivity contribution in [1.82, 2.24) is 10.3 Å². The van der Waals surface area contributed by atoms with E-state index < -0.39 is 17.6 Å². The summed E-state index contributed by atoms with van der Waals surface area (Å²) in [5.41, 5.74) is 0.0805. The molecule has 1 aromatic carbocycles. The predicted molar refractivity (Wildman–Crippen MR) is 88.8 cm³/mol. The summed E-state index contributed by atoms with van der Waals surface area (Å²) in [5, 5.41) is 5.49. The third-order valence-corrected chi connectivity index (χ3v) is 3.47. The number of alkyl halides is 3. The second-order valence-corrected chi connectivity index (χ2v) is 5.40. The maximum absolute atomic E-state index is 12.8. The van der Waals surface area contributed by atoms with E-state index in [4.69, 9.17) is 4.42 Å². The van der Waals surface area contributed by atoms with Crippen LogP contribution in [0.1, 0.15) is 21.8 Å². The summed E-state index contributed by atoms with van der Waals surface area (Å²) >= 11 is 0. The number of pyridine rings is 1. The summed E-state index contributed by atoms with van der Waals surface area (Å²) < 4.78 is 43.5. The highest BCUT2D eigenvalue weighted by atomic mass is 19.4. The topological polar surface area (TPSA) is 67.2 Å². The number of anilines is 2. The number of rotatable bonds is 5. The number of amides is 1. The van der Waals surface area contributed by atoms with E-state index in [1.54, 1.807) is 18.2 Å². The van der Waals surface area contributed by atoms with Crippen LogP contribution < -0.4 is 10.6 Å². The predicted octanol–water partition coefficient (Wildman–Crippen LogP) is 4.37. The van der Waals surface area contributed by atoms with Gasteiger partial charge < -0.3 is 15.1 Å². The third kappa shape index (κ3) is 4.41. The van der Waals surface area contributed by atoms with E-state index in [1.165, 1.54) is 30.7 Å². The monoisotopic (exact) mass is 361 g/mol. The molecule has 3 rings (SSSR count). The molecule has 0 aliphatic carbocycles. The molecule has 2 N–H and O–H groups in total. The smallest absolute Gasteiger partial charge is 0.416 e. The molecule has 1 amide bonds. The Hall–Kier alpha value is -3.29. The Balaban J connectivity index is 1.70. The minimum absolute atomic E-state index is 0.133. The Labute approximate surface area is 146 Å². The summed E-state index contributed by atoms with van der Waals surface area (Å²) in [5.74, 6) is 0.172. The first-order valence-corrected chi connectivity index (χ1v) is 7.63. The molecular formula is C18H14F3N3O2. The van der Waals surface area contributed by atoms with E-state index in [2.05, 4.69) is 15.6 Å². The molecule has 0 radical (unpaired) electrons. The van der Waals surface area contributed by atoms with Crippen molar-refractivity contribution in [3.8, 4) is 0 Å². The normalized spacial score (nSPS) is 11.2. The number of carbonyl (C=O) groups excluding carboxylic acids is 1. The van der Waals surface area contributed by atoms with Crippen molar-refractivity contribution in [2.24, 2.45) is 0 Å². The SMILES string of the molecule is O=C(NCc1ccco1)c1cc(Nc2cccc(C(F)(F)F)c2)ccn1. The molecule has 0 atom stereocenters. The molecule has 0 bridgehead atoms. The van der Waals surface area contributed by atoms with Gasteiger partial charge in [0, 0.05) is 17.6 Å². The zero-order valence-corrected chi connectivity index (χ0v) is 13.4. The first-order valence-electron chi connectivity index (χ1n) is 7.63. The second-order valence-electron chi connectivity index (χ2n) is 5.40.